The SMILES string of the molecule is C=CCONC(CC)=C1C(=O)CC2CCCCC2C1=O. The molecule has 1 N–H and O–H groups in total. The quantitative estimate of drug-likeness (QED) is 0.276. The predicted octanol–water partition coefficient (Wildman–Crippen LogP) is 2.71. The normalized spacial score (nSPS) is 28.9. The van der Waals surface area contributed by atoms with Crippen LogP contribution in [0.25, 0.3) is 0 Å². The number of Topliss-reactive ketones (excluding diaryl/α,β-unsaturated/α-hetero) is 2. The van der Waals surface area contributed by atoms with Gasteiger partial charge in [0.1, 0.15) is 0 Å². The molecule has 2 atom stereocenters. The first-order valence-electron chi connectivity index (χ1n) is 7.48. The maximum absolute atomic E-state index is 12.6. The average Bonchev–Trinajstić information content (AvgIpc) is 2.45. The van der Waals surface area contributed by atoms with Crippen molar-refractivity contribution in [1.29, 1.82) is 0 Å². The van der Waals surface area contributed by atoms with Gasteiger partial charge in [0.05, 0.1) is 17.9 Å². The molecule has 20 heavy (non-hydrogen) atoms. The van der Waals surface area contributed by atoms with Crippen LogP contribution in [-0.4, -0.2) is 18.2 Å². The van der Waals surface area contributed by atoms with Crippen LogP contribution in [-0.2, 0) is 14.4 Å². The standard InChI is InChI=1S/C16H23NO3/c1-3-9-20-17-13(4-2)15-14(18)10-11-7-5-6-8-12(11)16(15)19/h3,11-12,17H,1,4-10H2,2H3. The van der Waals surface area contributed by atoms with Crippen LogP contribution in [0.15, 0.2) is 23.9 Å². The maximum atomic E-state index is 12.6. The molecule has 2 rings (SSSR count). The number of hydrogen-bond donors (Lipinski definition) is 1. The van der Waals surface area contributed by atoms with Gasteiger partial charge in [-0.15, -0.1) is 6.58 Å². The van der Waals surface area contributed by atoms with E-state index in [1.165, 1.54) is 0 Å². The van der Waals surface area contributed by atoms with Gasteiger partial charge in [0.25, 0.3) is 0 Å². The Balaban J connectivity index is 2.21. The molecule has 0 heterocycles. The van der Waals surface area contributed by atoms with E-state index in [0.717, 1.165) is 25.7 Å². The van der Waals surface area contributed by atoms with Gasteiger partial charge in [-0.3, -0.25) is 19.9 Å². The second-order valence-corrected chi connectivity index (χ2v) is 5.55. The number of fused-ring (bicyclic) bond motifs is 1. The first kappa shape index (κ1) is 15.0. The van der Waals surface area contributed by atoms with Crippen LogP contribution in [0.1, 0.15) is 45.4 Å². The molecular formula is C16H23NO3. The summed E-state index contributed by atoms with van der Waals surface area (Å²) in [6.07, 6.45) is 6.88. The number of hydrogen-bond acceptors (Lipinski definition) is 4. The third-order valence-electron chi connectivity index (χ3n) is 4.27. The van der Waals surface area contributed by atoms with Gasteiger partial charge in [-0.1, -0.05) is 25.8 Å². The zero-order valence-electron chi connectivity index (χ0n) is 12.1. The highest BCUT2D eigenvalue weighted by Crippen LogP contribution is 2.39. The summed E-state index contributed by atoms with van der Waals surface area (Å²) in [7, 11) is 0. The van der Waals surface area contributed by atoms with Crippen LogP contribution in [0.2, 0.25) is 0 Å². The van der Waals surface area contributed by atoms with E-state index in [9.17, 15) is 9.59 Å². The molecule has 0 radical (unpaired) electrons. The number of ketones is 2. The van der Waals surface area contributed by atoms with Crippen LogP contribution in [0.3, 0.4) is 0 Å². The van der Waals surface area contributed by atoms with Crippen molar-refractivity contribution in [3.05, 3.63) is 23.9 Å². The minimum Gasteiger partial charge on any atom is -0.294 e. The average molecular weight is 277 g/mol. The Morgan fingerprint density at radius 2 is 2.15 bits per heavy atom. The molecule has 0 saturated heterocycles. The third-order valence-corrected chi connectivity index (χ3v) is 4.27. The second-order valence-electron chi connectivity index (χ2n) is 5.55. The Hall–Kier alpha value is -1.42. The summed E-state index contributed by atoms with van der Waals surface area (Å²) in [6, 6.07) is 0. The van der Waals surface area contributed by atoms with Crippen molar-refractivity contribution < 1.29 is 14.4 Å². The van der Waals surface area contributed by atoms with E-state index in [1.807, 2.05) is 6.92 Å². The van der Waals surface area contributed by atoms with Gasteiger partial charge in [-0.2, -0.15) is 0 Å². The summed E-state index contributed by atoms with van der Waals surface area (Å²) in [5.74, 6) is 0.307. The molecule has 4 nitrogen and oxygen atoms in total. The lowest BCUT2D eigenvalue weighted by atomic mass is 9.68. The van der Waals surface area contributed by atoms with E-state index >= 15 is 0 Å². The smallest absolute Gasteiger partial charge is 0.171 e. The fraction of sp³-hybridized carbons (Fsp3) is 0.625. The molecule has 0 aromatic heterocycles. The number of nitrogens with one attached hydrogen (secondary N) is 1. The fourth-order valence-corrected chi connectivity index (χ4v) is 3.26. The van der Waals surface area contributed by atoms with Crippen molar-refractivity contribution in [2.45, 2.75) is 45.4 Å². The first-order chi connectivity index (χ1) is 9.69. The van der Waals surface area contributed by atoms with Crippen LogP contribution < -0.4 is 5.48 Å². The van der Waals surface area contributed by atoms with Crippen molar-refractivity contribution >= 4 is 11.6 Å². The molecule has 2 unspecified atom stereocenters. The van der Waals surface area contributed by atoms with Crippen LogP contribution >= 0.6 is 0 Å². The van der Waals surface area contributed by atoms with Crippen molar-refractivity contribution in [1.82, 2.24) is 5.48 Å². The fourth-order valence-electron chi connectivity index (χ4n) is 3.26. The van der Waals surface area contributed by atoms with Crippen LogP contribution in [0.5, 0.6) is 0 Å². The van der Waals surface area contributed by atoms with Gasteiger partial charge >= 0.3 is 0 Å². The van der Waals surface area contributed by atoms with E-state index in [-0.39, 0.29) is 23.4 Å². The summed E-state index contributed by atoms with van der Waals surface area (Å²) in [4.78, 5) is 30.1. The van der Waals surface area contributed by atoms with Crippen LogP contribution in [0.4, 0.5) is 0 Å². The molecule has 110 valence electrons. The number of allylic oxidation sites excluding steroid dienone is 2. The first-order valence-corrected chi connectivity index (χ1v) is 7.48. The van der Waals surface area contributed by atoms with Crippen LogP contribution in [0, 0.1) is 11.8 Å². The highest BCUT2D eigenvalue weighted by atomic mass is 16.6. The zero-order chi connectivity index (χ0) is 14.5. The lowest BCUT2D eigenvalue weighted by molar-refractivity contribution is -0.130. The largest absolute Gasteiger partial charge is 0.294 e. The molecule has 2 aliphatic carbocycles. The molecule has 2 aliphatic rings. The third kappa shape index (κ3) is 3.01. The van der Waals surface area contributed by atoms with Gasteiger partial charge in [-0.25, -0.2) is 0 Å². The van der Waals surface area contributed by atoms with Crippen molar-refractivity contribution in [2.75, 3.05) is 6.61 Å². The predicted molar refractivity (Wildman–Crippen MR) is 76.7 cm³/mol. The highest BCUT2D eigenvalue weighted by Gasteiger charge is 2.41. The Bertz CT molecular complexity index is 439. The molecule has 0 spiro atoms. The van der Waals surface area contributed by atoms with E-state index < -0.39 is 0 Å². The van der Waals surface area contributed by atoms with Crippen molar-refractivity contribution in [3.8, 4) is 0 Å². The van der Waals surface area contributed by atoms with Gasteiger partial charge in [-0.05, 0) is 25.2 Å². The summed E-state index contributed by atoms with van der Waals surface area (Å²) >= 11 is 0. The monoisotopic (exact) mass is 277 g/mol. The number of carbonyl (C=O) groups is 2. The molecule has 0 aromatic rings. The minimum atomic E-state index is -0.0234. The molecular weight excluding hydrogens is 254 g/mol. The number of hydroxylamine groups is 1. The van der Waals surface area contributed by atoms with Gasteiger partial charge < -0.3 is 0 Å². The van der Waals surface area contributed by atoms with Gasteiger partial charge in [0.2, 0.25) is 0 Å². The number of rotatable bonds is 5. The summed E-state index contributed by atoms with van der Waals surface area (Å²) in [6.45, 7) is 5.82. The lowest BCUT2D eigenvalue weighted by Crippen LogP contribution is -2.39. The van der Waals surface area contributed by atoms with Crippen molar-refractivity contribution in [3.63, 3.8) is 0 Å². The molecule has 0 aromatic carbocycles. The molecule has 0 bridgehead atoms. The molecule has 0 amide bonds. The second kappa shape index (κ2) is 6.84. The Morgan fingerprint density at radius 3 is 2.85 bits per heavy atom. The van der Waals surface area contributed by atoms with Gasteiger partial charge in [0.15, 0.2) is 11.6 Å². The number of carbonyl (C=O) groups excluding carboxylic acids is 2. The highest BCUT2D eigenvalue weighted by molar-refractivity contribution is 6.23. The Kier molecular flexibility index (Phi) is 5.12. The Labute approximate surface area is 120 Å². The van der Waals surface area contributed by atoms with E-state index in [0.29, 0.717) is 30.7 Å². The lowest BCUT2D eigenvalue weighted by Gasteiger charge is -2.35. The van der Waals surface area contributed by atoms with E-state index in [2.05, 4.69) is 12.1 Å². The summed E-state index contributed by atoms with van der Waals surface area (Å²) in [5, 5.41) is 0. The Morgan fingerprint density at radius 1 is 1.40 bits per heavy atom. The van der Waals surface area contributed by atoms with E-state index in [1.54, 1.807) is 6.08 Å². The van der Waals surface area contributed by atoms with E-state index in [4.69, 9.17) is 4.84 Å². The molecule has 2 saturated carbocycles. The zero-order valence-corrected chi connectivity index (χ0v) is 12.1. The van der Waals surface area contributed by atoms with Gasteiger partial charge in [0, 0.05) is 12.3 Å². The molecule has 0 aliphatic heterocycles. The minimum absolute atomic E-state index is 0.0234. The molecule has 4 heteroatoms. The summed E-state index contributed by atoms with van der Waals surface area (Å²) < 4.78 is 0. The molecule has 2 fully saturated rings. The topological polar surface area (TPSA) is 55.4 Å². The maximum Gasteiger partial charge on any atom is 0.171 e. The summed E-state index contributed by atoms with van der Waals surface area (Å²) in [5.41, 5.74) is 3.73. The van der Waals surface area contributed by atoms with Crippen molar-refractivity contribution in [2.24, 2.45) is 11.8 Å².